The van der Waals surface area contributed by atoms with Gasteiger partial charge in [0.1, 0.15) is 21.8 Å². The monoisotopic (exact) mass is 377 g/mol. The summed E-state index contributed by atoms with van der Waals surface area (Å²) in [6.45, 7) is 4.22. The van der Waals surface area contributed by atoms with E-state index in [4.69, 9.17) is 0 Å². The first-order chi connectivity index (χ1) is 10.9. The highest BCUT2D eigenvalue weighted by Crippen LogP contribution is 2.38. The van der Waals surface area contributed by atoms with E-state index in [0.717, 1.165) is 24.9 Å². The Morgan fingerprint density at radius 1 is 1.17 bits per heavy atom. The Kier molecular flexibility index (Phi) is 3.10. The molecule has 0 spiro atoms. The van der Waals surface area contributed by atoms with E-state index in [1.807, 2.05) is 6.07 Å². The molecule has 6 heteroatoms. The number of nitrogens with zero attached hydrogens (tertiary/aromatic N) is 3. The van der Waals surface area contributed by atoms with Crippen molar-refractivity contribution in [2.75, 3.05) is 0 Å². The molecular weight excluding hydrogens is 364 g/mol. The summed E-state index contributed by atoms with van der Waals surface area (Å²) in [6.07, 6.45) is 2.92. The fraction of sp³-hybridized carbons (Fsp3) is 0.294. The van der Waals surface area contributed by atoms with Gasteiger partial charge in [0.05, 0.1) is 11.7 Å². The minimum Gasteiger partial charge on any atom is -0.322 e. The van der Waals surface area contributed by atoms with E-state index in [2.05, 4.69) is 44.3 Å². The quantitative estimate of drug-likeness (QED) is 0.569. The van der Waals surface area contributed by atoms with Crippen LogP contribution < -0.4 is 0 Å². The molecule has 23 heavy (non-hydrogen) atoms. The van der Waals surface area contributed by atoms with Crippen molar-refractivity contribution in [1.82, 2.24) is 14.5 Å². The summed E-state index contributed by atoms with van der Waals surface area (Å²) in [6, 6.07) is 4.71. The number of aryl methyl sites for hydroxylation is 1. The zero-order valence-electron chi connectivity index (χ0n) is 12.7. The first-order valence-electron chi connectivity index (χ1n) is 7.39. The van der Waals surface area contributed by atoms with Gasteiger partial charge in [-0.05, 0) is 60.0 Å². The van der Waals surface area contributed by atoms with Crippen molar-refractivity contribution in [3.05, 3.63) is 46.5 Å². The number of hydrogen-bond acceptors (Lipinski definition) is 2. The van der Waals surface area contributed by atoms with Crippen LogP contribution >= 0.6 is 15.9 Å². The van der Waals surface area contributed by atoms with Crippen LogP contribution in [-0.2, 0) is 12.0 Å². The van der Waals surface area contributed by atoms with Crippen molar-refractivity contribution >= 4 is 27.0 Å². The molecule has 3 heterocycles. The molecule has 3 nitrogen and oxygen atoms in total. The lowest BCUT2D eigenvalue weighted by molar-refractivity contribution is 0.386. The van der Waals surface area contributed by atoms with E-state index < -0.39 is 11.6 Å². The summed E-state index contributed by atoms with van der Waals surface area (Å²) in [4.78, 5) is 8.29. The Balaban J connectivity index is 2.02. The van der Waals surface area contributed by atoms with Gasteiger partial charge in [-0.15, -0.1) is 0 Å². The molecule has 2 aromatic heterocycles. The molecule has 0 amide bonds. The van der Waals surface area contributed by atoms with Gasteiger partial charge < -0.3 is 4.57 Å². The van der Waals surface area contributed by atoms with Crippen LogP contribution in [0.15, 0.2) is 29.0 Å². The Labute approximate surface area is 140 Å². The molecule has 1 aliphatic rings. The van der Waals surface area contributed by atoms with Crippen molar-refractivity contribution in [3.8, 4) is 11.1 Å². The number of halogens is 3. The Bertz CT molecular complexity index is 947. The summed E-state index contributed by atoms with van der Waals surface area (Å²) in [7, 11) is 0. The molecule has 4 rings (SSSR count). The van der Waals surface area contributed by atoms with E-state index in [1.54, 1.807) is 6.07 Å². The van der Waals surface area contributed by atoms with Crippen molar-refractivity contribution < 1.29 is 8.78 Å². The van der Waals surface area contributed by atoms with Gasteiger partial charge in [0, 0.05) is 17.5 Å². The van der Waals surface area contributed by atoms with Gasteiger partial charge in [0.15, 0.2) is 5.82 Å². The van der Waals surface area contributed by atoms with Crippen LogP contribution in [0.2, 0.25) is 0 Å². The number of aromatic nitrogens is 3. The molecule has 118 valence electrons. The Hall–Kier alpha value is -1.82. The summed E-state index contributed by atoms with van der Waals surface area (Å²) in [5.41, 5.74) is 1.75. The zero-order valence-corrected chi connectivity index (χ0v) is 14.3. The summed E-state index contributed by atoms with van der Waals surface area (Å²) in [5.74, 6) is -0.0210. The van der Waals surface area contributed by atoms with Crippen LogP contribution in [0.5, 0.6) is 0 Å². The first-order valence-corrected chi connectivity index (χ1v) is 8.19. The minimum absolute atomic E-state index is 0.119. The summed E-state index contributed by atoms with van der Waals surface area (Å²) >= 11 is 3.23. The largest absolute Gasteiger partial charge is 0.322 e. The van der Waals surface area contributed by atoms with Crippen LogP contribution in [0.1, 0.15) is 26.1 Å². The van der Waals surface area contributed by atoms with Gasteiger partial charge in [-0.2, -0.15) is 0 Å². The summed E-state index contributed by atoms with van der Waals surface area (Å²) in [5, 5.41) is 0. The summed E-state index contributed by atoms with van der Waals surface area (Å²) < 4.78 is 31.2. The fourth-order valence-corrected chi connectivity index (χ4v) is 3.68. The highest BCUT2D eigenvalue weighted by molar-refractivity contribution is 9.10. The molecule has 0 atom stereocenters. The number of hydrogen-bond donors (Lipinski definition) is 0. The molecule has 0 fully saturated rings. The zero-order chi connectivity index (χ0) is 16.4. The van der Waals surface area contributed by atoms with Crippen molar-refractivity contribution in [2.45, 2.75) is 32.2 Å². The van der Waals surface area contributed by atoms with Crippen LogP contribution in [0, 0.1) is 11.6 Å². The van der Waals surface area contributed by atoms with Crippen molar-refractivity contribution in [3.63, 3.8) is 0 Å². The van der Waals surface area contributed by atoms with Gasteiger partial charge in [-0.25, -0.2) is 18.7 Å². The third-order valence-electron chi connectivity index (χ3n) is 4.48. The van der Waals surface area contributed by atoms with Gasteiger partial charge in [0.2, 0.25) is 0 Å². The topological polar surface area (TPSA) is 30.7 Å². The molecule has 1 aliphatic heterocycles. The Morgan fingerprint density at radius 2 is 1.96 bits per heavy atom. The van der Waals surface area contributed by atoms with Crippen LogP contribution in [0.4, 0.5) is 8.78 Å². The van der Waals surface area contributed by atoms with E-state index in [1.165, 1.54) is 6.07 Å². The molecule has 0 N–H and O–H groups in total. The molecular formula is C17H14BrF2N3. The lowest BCUT2D eigenvalue weighted by Crippen LogP contribution is -2.21. The van der Waals surface area contributed by atoms with E-state index in [-0.39, 0.29) is 5.54 Å². The molecule has 0 aliphatic carbocycles. The fourth-order valence-electron chi connectivity index (χ4n) is 3.35. The number of benzene rings is 1. The number of fused-ring (bicyclic) bond motifs is 3. The van der Waals surface area contributed by atoms with Gasteiger partial charge in [-0.1, -0.05) is 0 Å². The highest BCUT2D eigenvalue weighted by Gasteiger charge is 2.33. The maximum Gasteiger partial charge on any atom is 0.151 e. The standard InChI is InChI=1S/C17H14BrF2N3/c1-17(2)4-3-15-22-16-11(19)5-9(6-13(16)23(15)17)10-7-14(18)21-8-12(10)20/h5-8H,3-4H2,1-2H3. The minimum atomic E-state index is -0.479. The van der Waals surface area contributed by atoms with E-state index in [0.29, 0.717) is 26.8 Å². The lowest BCUT2D eigenvalue weighted by Gasteiger charge is -2.22. The van der Waals surface area contributed by atoms with Gasteiger partial charge >= 0.3 is 0 Å². The molecule has 1 aromatic carbocycles. The van der Waals surface area contributed by atoms with Gasteiger partial charge in [-0.3, -0.25) is 0 Å². The number of imidazole rings is 1. The second kappa shape index (κ2) is 4.84. The second-order valence-corrected chi connectivity index (χ2v) is 7.30. The molecule has 0 saturated carbocycles. The molecule has 0 radical (unpaired) electrons. The van der Waals surface area contributed by atoms with Crippen LogP contribution in [0.3, 0.4) is 0 Å². The maximum atomic E-state index is 14.5. The Morgan fingerprint density at radius 3 is 2.74 bits per heavy atom. The van der Waals surface area contributed by atoms with E-state index >= 15 is 0 Å². The van der Waals surface area contributed by atoms with Crippen LogP contribution in [-0.4, -0.2) is 14.5 Å². The SMILES string of the molecule is CC1(C)CCc2nc3c(F)cc(-c4cc(Br)ncc4F)cc3n21. The van der Waals surface area contributed by atoms with Crippen molar-refractivity contribution in [2.24, 2.45) is 0 Å². The highest BCUT2D eigenvalue weighted by atomic mass is 79.9. The predicted octanol–water partition coefficient (Wildman–Crippen LogP) is 4.82. The molecule has 3 aromatic rings. The first kappa shape index (κ1) is 14.8. The lowest BCUT2D eigenvalue weighted by atomic mass is 10.0. The van der Waals surface area contributed by atoms with Crippen molar-refractivity contribution in [1.29, 1.82) is 0 Å². The molecule has 0 unspecified atom stereocenters. The third kappa shape index (κ3) is 2.19. The van der Waals surface area contributed by atoms with E-state index in [9.17, 15) is 8.78 Å². The molecule has 0 saturated heterocycles. The molecule has 0 bridgehead atoms. The second-order valence-electron chi connectivity index (χ2n) is 6.49. The smallest absolute Gasteiger partial charge is 0.151 e. The number of pyridine rings is 1. The predicted molar refractivity (Wildman–Crippen MR) is 88.2 cm³/mol. The van der Waals surface area contributed by atoms with Gasteiger partial charge in [0.25, 0.3) is 0 Å². The third-order valence-corrected chi connectivity index (χ3v) is 4.92. The number of rotatable bonds is 1. The average molecular weight is 378 g/mol. The maximum absolute atomic E-state index is 14.5. The van der Waals surface area contributed by atoms with Crippen LogP contribution in [0.25, 0.3) is 22.2 Å². The average Bonchev–Trinajstić information content (AvgIpc) is 3.00. The normalized spacial score (nSPS) is 16.0.